The molecule has 0 radical (unpaired) electrons. The fraction of sp³-hybridized carbons (Fsp3) is 0.500. The fourth-order valence-corrected chi connectivity index (χ4v) is 1.69. The van der Waals surface area contributed by atoms with Crippen molar-refractivity contribution in [3.63, 3.8) is 0 Å². The molecule has 17 heavy (non-hydrogen) atoms. The van der Waals surface area contributed by atoms with Crippen LogP contribution in [0.2, 0.25) is 0 Å². The number of carbonyl (C=O) groups is 1. The minimum absolute atomic E-state index is 0.153. The van der Waals surface area contributed by atoms with Crippen LogP contribution in [-0.2, 0) is 16.0 Å². The maximum Gasteiger partial charge on any atom is 0.320 e. The van der Waals surface area contributed by atoms with E-state index in [1.165, 1.54) is 11.1 Å². The smallest absolute Gasteiger partial charge is 0.320 e. The number of ether oxygens (including phenoxy) is 1. The lowest BCUT2D eigenvalue weighted by Gasteiger charge is -2.15. The zero-order valence-electron chi connectivity index (χ0n) is 10.9. The Bertz CT molecular complexity index is 363. The molecule has 0 amide bonds. The number of nitrogens with zero attached hydrogens (tertiary/aromatic N) is 1. The number of likely N-dealkylation sites (N-methyl/N-ethyl adjacent to an activating group) is 1. The number of aryl methyl sites for hydroxylation is 1. The SMILES string of the molecule is CCOC(=O)CN(C)CCc1cccc(C)c1. The van der Waals surface area contributed by atoms with E-state index < -0.39 is 0 Å². The van der Waals surface area contributed by atoms with Gasteiger partial charge in [0.2, 0.25) is 0 Å². The van der Waals surface area contributed by atoms with Gasteiger partial charge < -0.3 is 4.74 Å². The van der Waals surface area contributed by atoms with Gasteiger partial charge in [-0.1, -0.05) is 29.8 Å². The molecule has 0 aliphatic carbocycles. The Balaban J connectivity index is 2.33. The van der Waals surface area contributed by atoms with E-state index in [0.29, 0.717) is 13.2 Å². The van der Waals surface area contributed by atoms with E-state index in [9.17, 15) is 4.79 Å². The molecule has 0 aliphatic heterocycles. The fourth-order valence-electron chi connectivity index (χ4n) is 1.69. The average molecular weight is 235 g/mol. The molecule has 3 heteroatoms. The van der Waals surface area contributed by atoms with Gasteiger partial charge in [-0.05, 0) is 32.9 Å². The molecular weight excluding hydrogens is 214 g/mol. The molecule has 0 bridgehead atoms. The lowest BCUT2D eigenvalue weighted by molar-refractivity contribution is -0.144. The van der Waals surface area contributed by atoms with Crippen molar-refractivity contribution in [2.75, 3.05) is 26.7 Å². The van der Waals surface area contributed by atoms with Crippen LogP contribution in [0, 0.1) is 6.92 Å². The zero-order chi connectivity index (χ0) is 12.7. The Morgan fingerprint density at radius 3 is 2.82 bits per heavy atom. The molecule has 0 atom stereocenters. The Kier molecular flexibility index (Phi) is 5.70. The van der Waals surface area contributed by atoms with E-state index in [0.717, 1.165) is 13.0 Å². The molecular formula is C14H21NO2. The van der Waals surface area contributed by atoms with Crippen LogP contribution in [0.3, 0.4) is 0 Å². The summed E-state index contributed by atoms with van der Waals surface area (Å²) in [4.78, 5) is 13.2. The minimum Gasteiger partial charge on any atom is -0.465 e. The molecule has 0 saturated heterocycles. The number of hydrogen-bond acceptors (Lipinski definition) is 3. The second kappa shape index (κ2) is 7.07. The maximum absolute atomic E-state index is 11.3. The molecule has 0 saturated carbocycles. The Labute approximate surface area is 103 Å². The molecule has 1 rings (SSSR count). The first-order chi connectivity index (χ1) is 8.11. The quantitative estimate of drug-likeness (QED) is 0.707. The summed E-state index contributed by atoms with van der Waals surface area (Å²) in [6.45, 7) is 5.59. The summed E-state index contributed by atoms with van der Waals surface area (Å²) in [7, 11) is 1.94. The Morgan fingerprint density at radius 2 is 2.18 bits per heavy atom. The van der Waals surface area contributed by atoms with Crippen LogP contribution < -0.4 is 0 Å². The molecule has 0 fully saturated rings. The van der Waals surface area contributed by atoms with Crippen molar-refractivity contribution in [1.82, 2.24) is 4.90 Å². The van der Waals surface area contributed by atoms with Crippen molar-refractivity contribution >= 4 is 5.97 Å². The lowest BCUT2D eigenvalue weighted by Crippen LogP contribution is -2.29. The normalized spacial score (nSPS) is 10.6. The summed E-state index contributed by atoms with van der Waals surface area (Å²) < 4.78 is 4.90. The van der Waals surface area contributed by atoms with Gasteiger partial charge in [-0.15, -0.1) is 0 Å². The monoisotopic (exact) mass is 235 g/mol. The van der Waals surface area contributed by atoms with E-state index in [1.807, 2.05) is 18.9 Å². The van der Waals surface area contributed by atoms with Crippen LogP contribution in [0.15, 0.2) is 24.3 Å². The van der Waals surface area contributed by atoms with Gasteiger partial charge in [0.25, 0.3) is 0 Å². The van der Waals surface area contributed by atoms with Crippen molar-refractivity contribution in [3.8, 4) is 0 Å². The Hall–Kier alpha value is -1.35. The summed E-state index contributed by atoms with van der Waals surface area (Å²) in [6, 6.07) is 8.45. The highest BCUT2D eigenvalue weighted by Gasteiger charge is 2.06. The summed E-state index contributed by atoms with van der Waals surface area (Å²) >= 11 is 0. The van der Waals surface area contributed by atoms with Crippen LogP contribution in [0.4, 0.5) is 0 Å². The van der Waals surface area contributed by atoms with Gasteiger partial charge in [-0.2, -0.15) is 0 Å². The van der Waals surface area contributed by atoms with E-state index >= 15 is 0 Å². The Morgan fingerprint density at radius 1 is 1.41 bits per heavy atom. The summed E-state index contributed by atoms with van der Waals surface area (Å²) in [5, 5.41) is 0. The highest BCUT2D eigenvalue weighted by Crippen LogP contribution is 2.05. The topological polar surface area (TPSA) is 29.5 Å². The number of hydrogen-bond donors (Lipinski definition) is 0. The molecule has 0 N–H and O–H groups in total. The molecule has 1 aromatic rings. The third kappa shape index (κ3) is 5.50. The first kappa shape index (κ1) is 13.7. The lowest BCUT2D eigenvalue weighted by atomic mass is 10.1. The van der Waals surface area contributed by atoms with Crippen molar-refractivity contribution in [2.24, 2.45) is 0 Å². The van der Waals surface area contributed by atoms with Crippen molar-refractivity contribution in [2.45, 2.75) is 20.3 Å². The first-order valence-electron chi connectivity index (χ1n) is 6.01. The molecule has 1 aromatic carbocycles. The number of rotatable bonds is 6. The van der Waals surface area contributed by atoms with Gasteiger partial charge in [-0.3, -0.25) is 9.69 Å². The van der Waals surface area contributed by atoms with Gasteiger partial charge in [0.1, 0.15) is 0 Å². The van der Waals surface area contributed by atoms with Crippen LogP contribution in [0.25, 0.3) is 0 Å². The van der Waals surface area contributed by atoms with Crippen LogP contribution >= 0.6 is 0 Å². The predicted molar refractivity (Wildman–Crippen MR) is 69.0 cm³/mol. The number of carbonyl (C=O) groups excluding carboxylic acids is 1. The van der Waals surface area contributed by atoms with Gasteiger partial charge >= 0.3 is 5.97 Å². The van der Waals surface area contributed by atoms with E-state index in [4.69, 9.17) is 4.74 Å². The van der Waals surface area contributed by atoms with Crippen molar-refractivity contribution in [1.29, 1.82) is 0 Å². The standard InChI is InChI=1S/C14H21NO2/c1-4-17-14(16)11-15(3)9-8-13-7-5-6-12(2)10-13/h5-7,10H,4,8-9,11H2,1-3H3. The third-order valence-corrected chi connectivity index (χ3v) is 2.57. The molecule has 0 spiro atoms. The molecule has 3 nitrogen and oxygen atoms in total. The zero-order valence-corrected chi connectivity index (χ0v) is 10.9. The van der Waals surface area contributed by atoms with Crippen LogP contribution in [-0.4, -0.2) is 37.6 Å². The largest absolute Gasteiger partial charge is 0.465 e. The van der Waals surface area contributed by atoms with Crippen molar-refractivity contribution in [3.05, 3.63) is 35.4 Å². The highest BCUT2D eigenvalue weighted by molar-refractivity contribution is 5.71. The second-order valence-electron chi connectivity index (χ2n) is 4.28. The third-order valence-electron chi connectivity index (χ3n) is 2.57. The maximum atomic E-state index is 11.3. The van der Waals surface area contributed by atoms with E-state index in [-0.39, 0.29) is 5.97 Å². The first-order valence-corrected chi connectivity index (χ1v) is 6.01. The highest BCUT2D eigenvalue weighted by atomic mass is 16.5. The second-order valence-corrected chi connectivity index (χ2v) is 4.28. The van der Waals surface area contributed by atoms with Gasteiger partial charge in [0.15, 0.2) is 0 Å². The predicted octanol–water partition coefficient (Wildman–Crippen LogP) is 2.03. The van der Waals surface area contributed by atoms with Gasteiger partial charge in [-0.25, -0.2) is 0 Å². The minimum atomic E-state index is -0.153. The average Bonchev–Trinajstić information content (AvgIpc) is 2.27. The summed E-state index contributed by atoms with van der Waals surface area (Å²) in [5.74, 6) is -0.153. The summed E-state index contributed by atoms with van der Waals surface area (Å²) in [5.41, 5.74) is 2.58. The molecule has 0 aliphatic rings. The van der Waals surface area contributed by atoms with Gasteiger partial charge in [0.05, 0.1) is 13.2 Å². The van der Waals surface area contributed by atoms with E-state index in [1.54, 1.807) is 0 Å². The number of esters is 1. The molecule has 0 unspecified atom stereocenters. The molecule has 94 valence electrons. The van der Waals surface area contributed by atoms with Crippen LogP contribution in [0.1, 0.15) is 18.1 Å². The molecule has 0 heterocycles. The summed E-state index contributed by atoms with van der Waals surface area (Å²) in [6.07, 6.45) is 0.956. The molecule has 0 aromatic heterocycles. The van der Waals surface area contributed by atoms with E-state index in [2.05, 4.69) is 31.2 Å². The van der Waals surface area contributed by atoms with Crippen LogP contribution in [0.5, 0.6) is 0 Å². The van der Waals surface area contributed by atoms with Crippen molar-refractivity contribution < 1.29 is 9.53 Å². The van der Waals surface area contributed by atoms with Gasteiger partial charge in [0, 0.05) is 6.54 Å². The number of benzene rings is 1.